The summed E-state index contributed by atoms with van der Waals surface area (Å²) in [6.45, 7) is 7.42. The van der Waals surface area contributed by atoms with Gasteiger partial charge < -0.3 is 19.7 Å². The molecule has 4 rings (SSSR count). The standard InChI is InChI=1S/C32H37Cl2N3O6S/c1-32(2,3)43-31(39)37-19-16-22(17-20-37)7-6-18-35-30(38)23-10-13-25(14-11-23)44(40,41)36-27-8-4-5-9-29(27)42-28-15-12-24(33)21-26(28)34/h4-5,8-15,21-22,36H,6-7,16-20H2,1-3H3,(H,35,38). The Labute approximate surface area is 268 Å². The molecular formula is C32H37Cl2N3O6S. The molecule has 0 atom stereocenters. The summed E-state index contributed by atoms with van der Waals surface area (Å²) in [5.74, 6) is 0.785. The van der Waals surface area contributed by atoms with E-state index in [4.69, 9.17) is 32.7 Å². The molecule has 1 aliphatic heterocycles. The number of nitrogens with one attached hydrogen (secondary N) is 2. The molecular weight excluding hydrogens is 625 g/mol. The molecule has 0 spiro atoms. The lowest BCUT2D eigenvalue weighted by molar-refractivity contribution is 0.0180. The van der Waals surface area contributed by atoms with Crippen molar-refractivity contribution in [3.05, 3.63) is 82.3 Å². The molecule has 1 aliphatic rings. The Kier molecular flexibility index (Phi) is 11.0. The van der Waals surface area contributed by atoms with Gasteiger partial charge in [-0.15, -0.1) is 0 Å². The molecule has 3 aromatic carbocycles. The van der Waals surface area contributed by atoms with Gasteiger partial charge >= 0.3 is 6.09 Å². The number of benzene rings is 3. The number of anilines is 1. The first-order valence-electron chi connectivity index (χ1n) is 14.4. The third kappa shape index (κ3) is 9.51. The van der Waals surface area contributed by atoms with Gasteiger partial charge in [-0.2, -0.15) is 0 Å². The lowest BCUT2D eigenvalue weighted by atomic mass is 9.92. The largest absolute Gasteiger partial charge is 0.454 e. The summed E-state index contributed by atoms with van der Waals surface area (Å²) in [5, 5.41) is 3.63. The van der Waals surface area contributed by atoms with Crippen LogP contribution in [0.25, 0.3) is 0 Å². The predicted octanol–water partition coefficient (Wildman–Crippen LogP) is 7.74. The minimum atomic E-state index is -3.99. The van der Waals surface area contributed by atoms with E-state index < -0.39 is 15.6 Å². The second-order valence-corrected chi connectivity index (χ2v) is 14.1. The first kappa shape index (κ1) is 33.4. The van der Waals surface area contributed by atoms with Gasteiger partial charge in [0.25, 0.3) is 15.9 Å². The molecule has 0 aromatic heterocycles. The van der Waals surface area contributed by atoms with Crippen LogP contribution in [0.15, 0.2) is 71.6 Å². The number of para-hydroxylation sites is 2. The molecule has 3 aromatic rings. The highest BCUT2D eigenvalue weighted by Gasteiger charge is 2.26. The third-order valence-electron chi connectivity index (χ3n) is 7.01. The van der Waals surface area contributed by atoms with E-state index in [2.05, 4.69) is 10.0 Å². The number of halogens is 2. The molecule has 0 radical (unpaired) electrons. The maximum Gasteiger partial charge on any atom is 0.410 e. The van der Waals surface area contributed by atoms with Gasteiger partial charge in [-0.25, -0.2) is 13.2 Å². The first-order chi connectivity index (χ1) is 20.8. The first-order valence-corrected chi connectivity index (χ1v) is 16.7. The van der Waals surface area contributed by atoms with Crippen molar-refractivity contribution in [3.63, 3.8) is 0 Å². The second-order valence-electron chi connectivity index (χ2n) is 11.6. The van der Waals surface area contributed by atoms with Crippen molar-refractivity contribution < 1.29 is 27.5 Å². The van der Waals surface area contributed by atoms with Crippen LogP contribution in [0.5, 0.6) is 11.5 Å². The quantitative estimate of drug-likeness (QED) is 0.215. The number of amides is 2. The molecule has 0 bridgehead atoms. The number of likely N-dealkylation sites (tertiary alicyclic amines) is 1. The molecule has 236 valence electrons. The topological polar surface area (TPSA) is 114 Å². The van der Waals surface area contributed by atoms with Crippen molar-refractivity contribution in [3.8, 4) is 11.5 Å². The Morgan fingerprint density at radius 2 is 1.64 bits per heavy atom. The number of hydrogen-bond donors (Lipinski definition) is 2. The predicted molar refractivity (Wildman–Crippen MR) is 172 cm³/mol. The van der Waals surface area contributed by atoms with Crippen molar-refractivity contribution >= 4 is 50.9 Å². The van der Waals surface area contributed by atoms with Crippen molar-refractivity contribution in [2.45, 2.75) is 57.0 Å². The summed E-state index contributed by atoms with van der Waals surface area (Å²) in [6, 6.07) is 17.0. The van der Waals surface area contributed by atoms with Crippen molar-refractivity contribution in [1.82, 2.24) is 10.2 Å². The highest BCUT2D eigenvalue weighted by molar-refractivity contribution is 7.92. The number of carbonyl (C=O) groups excluding carboxylic acids is 2. The second kappa shape index (κ2) is 14.5. The van der Waals surface area contributed by atoms with Gasteiger partial charge in [-0.3, -0.25) is 9.52 Å². The van der Waals surface area contributed by atoms with Gasteiger partial charge in [-0.1, -0.05) is 35.3 Å². The molecule has 0 unspecified atom stereocenters. The molecule has 44 heavy (non-hydrogen) atoms. The molecule has 1 fully saturated rings. The lowest BCUT2D eigenvalue weighted by Crippen LogP contribution is -2.41. The highest BCUT2D eigenvalue weighted by Crippen LogP contribution is 2.36. The average molecular weight is 663 g/mol. The van der Waals surface area contributed by atoms with Crippen LogP contribution in [0.3, 0.4) is 0 Å². The number of sulfonamides is 1. The van der Waals surface area contributed by atoms with E-state index in [1.807, 2.05) is 20.8 Å². The molecule has 12 heteroatoms. The number of rotatable bonds is 10. The van der Waals surface area contributed by atoms with E-state index >= 15 is 0 Å². The molecule has 0 aliphatic carbocycles. The fourth-order valence-corrected chi connectivity index (χ4v) is 6.25. The monoisotopic (exact) mass is 661 g/mol. The van der Waals surface area contributed by atoms with Crippen LogP contribution < -0.4 is 14.8 Å². The summed E-state index contributed by atoms with van der Waals surface area (Å²) in [6.07, 6.45) is 3.30. The fourth-order valence-electron chi connectivity index (χ4n) is 4.73. The van der Waals surface area contributed by atoms with Crippen LogP contribution in [0.2, 0.25) is 10.0 Å². The Balaban J connectivity index is 1.25. The minimum absolute atomic E-state index is 0.00824. The molecule has 1 saturated heterocycles. The van der Waals surface area contributed by atoms with Gasteiger partial charge in [-0.05, 0) is 107 Å². The van der Waals surface area contributed by atoms with E-state index in [1.165, 1.54) is 30.3 Å². The smallest absolute Gasteiger partial charge is 0.410 e. The summed E-state index contributed by atoms with van der Waals surface area (Å²) in [7, 11) is -3.99. The molecule has 0 saturated carbocycles. The maximum atomic E-state index is 13.1. The third-order valence-corrected chi connectivity index (χ3v) is 8.92. The van der Waals surface area contributed by atoms with E-state index in [9.17, 15) is 18.0 Å². The SMILES string of the molecule is CC(C)(C)OC(=O)N1CCC(CCCNC(=O)c2ccc(S(=O)(=O)Nc3ccccc3Oc3ccc(Cl)cc3Cl)cc2)CC1. The van der Waals surface area contributed by atoms with Crippen molar-refractivity contribution in [1.29, 1.82) is 0 Å². The molecule has 2 amide bonds. The van der Waals surface area contributed by atoms with E-state index in [0.29, 0.717) is 41.9 Å². The van der Waals surface area contributed by atoms with Gasteiger partial charge in [0.1, 0.15) is 11.4 Å². The number of carbonyl (C=O) groups is 2. The molecule has 2 N–H and O–H groups in total. The number of ether oxygens (including phenoxy) is 2. The zero-order chi connectivity index (χ0) is 31.9. The van der Waals surface area contributed by atoms with Crippen LogP contribution in [-0.4, -0.2) is 50.6 Å². The normalized spacial score (nSPS) is 14.2. The number of nitrogens with zero attached hydrogens (tertiary/aromatic N) is 1. The van der Waals surface area contributed by atoms with Crippen LogP contribution in [0.1, 0.15) is 56.8 Å². The van der Waals surface area contributed by atoms with Crippen molar-refractivity contribution in [2.75, 3.05) is 24.4 Å². The van der Waals surface area contributed by atoms with Crippen LogP contribution >= 0.6 is 23.2 Å². The van der Waals surface area contributed by atoms with Crippen LogP contribution in [0.4, 0.5) is 10.5 Å². The van der Waals surface area contributed by atoms with Gasteiger partial charge in [0.2, 0.25) is 0 Å². The Bertz CT molecular complexity index is 1570. The zero-order valence-corrected chi connectivity index (χ0v) is 27.3. The van der Waals surface area contributed by atoms with Gasteiger partial charge in [0.15, 0.2) is 5.75 Å². The number of piperidine rings is 1. The van der Waals surface area contributed by atoms with Crippen LogP contribution in [0, 0.1) is 5.92 Å². The van der Waals surface area contributed by atoms with Gasteiger partial charge in [0, 0.05) is 30.2 Å². The molecule has 9 nitrogen and oxygen atoms in total. The zero-order valence-electron chi connectivity index (χ0n) is 24.9. The summed E-state index contributed by atoms with van der Waals surface area (Å²) in [4.78, 5) is 26.7. The summed E-state index contributed by atoms with van der Waals surface area (Å²) in [5.41, 5.74) is 0.0694. The Hall–Kier alpha value is -3.47. The number of hydrogen-bond acceptors (Lipinski definition) is 6. The fraction of sp³-hybridized carbons (Fsp3) is 0.375. The summed E-state index contributed by atoms with van der Waals surface area (Å²) < 4.78 is 40.1. The van der Waals surface area contributed by atoms with E-state index in [0.717, 1.165) is 25.7 Å². The average Bonchev–Trinajstić information content (AvgIpc) is 2.97. The minimum Gasteiger partial charge on any atom is -0.454 e. The van der Waals surface area contributed by atoms with E-state index in [1.54, 1.807) is 41.3 Å². The Morgan fingerprint density at radius 3 is 2.30 bits per heavy atom. The van der Waals surface area contributed by atoms with Crippen LogP contribution in [-0.2, 0) is 14.8 Å². The van der Waals surface area contributed by atoms with Gasteiger partial charge in [0.05, 0.1) is 15.6 Å². The summed E-state index contributed by atoms with van der Waals surface area (Å²) >= 11 is 12.2. The Morgan fingerprint density at radius 1 is 0.955 bits per heavy atom. The lowest BCUT2D eigenvalue weighted by Gasteiger charge is -2.33. The highest BCUT2D eigenvalue weighted by atomic mass is 35.5. The van der Waals surface area contributed by atoms with E-state index in [-0.39, 0.29) is 33.4 Å². The molecule has 1 heterocycles. The maximum absolute atomic E-state index is 13.1. The van der Waals surface area contributed by atoms with Crippen molar-refractivity contribution in [2.24, 2.45) is 5.92 Å².